The molecule has 0 aromatic rings. The average Bonchev–Trinajstić information content (AvgIpc) is 1.59. The Labute approximate surface area is 72.3 Å². The maximum absolute atomic E-state index is 5.51. The third-order valence-corrected chi connectivity index (χ3v) is 1.51. The number of hydrogen-bond acceptors (Lipinski definition) is 1. The van der Waals surface area contributed by atoms with Crippen LogP contribution in [-0.2, 0) is 4.74 Å². The Kier molecular flexibility index (Phi) is 4.54. The Morgan fingerprint density at radius 3 is 2.20 bits per heavy atom. The molecule has 0 amide bonds. The van der Waals surface area contributed by atoms with Crippen LogP contribution in [-0.4, -0.2) is 17.0 Å². The highest BCUT2D eigenvalue weighted by Gasteiger charge is 2.09. The fourth-order valence-electron chi connectivity index (χ4n) is 0.528. The van der Waals surface area contributed by atoms with E-state index in [1.54, 1.807) is 0 Å². The zero-order chi connectivity index (χ0) is 8.20. The SMILES string of the molecule is CC(Br)CCOC(C)(C)C. The summed E-state index contributed by atoms with van der Waals surface area (Å²) in [6, 6.07) is 0. The quantitative estimate of drug-likeness (QED) is 0.649. The van der Waals surface area contributed by atoms with Gasteiger partial charge in [0.25, 0.3) is 0 Å². The highest BCUT2D eigenvalue weighted by Crippen LogP contribution is 2.10. The van der Waals surface area contributed by atoms with Crippen molar-refractivity contribution in [3.8, 4) is 0 Å². The van der Waals surface area contributed by atoms with Crippen molar-refractivity contribution in [3.63, 3.8) is 0 Å². The molecule has 0 fully saturated rings. The zero-order valence-corrected chi connectivity index (χ0v) is 8.86. The molecular formula is C8H17BrO. The first-order valence-electron chi connectivity index (χ1n) is 3.70. The third-order valence-electron chi connectivity index (χ3n) is 1.05. The topological polar surface area (TPSA) is 9.23 Å². The Hall–Kier alpha value is 0.440. The second-order valence-corrected chi connectivity index (χ2v) is 5.09. The molecular weight excluding hydrogens is 192 g/mol. The number of rotatable bonds is 3. The minimum atomic E-state index is 0.0158. The van der Waals surface area contributed by atoms with Crippen molar-refractivity contribution in [1.29, 1.82) is 0 Å². The van der Waals surface area contributed by atoms with Crippen LogP contribution in [0.25, 0.3) is 0 Å². The van der Waals surface area contributed by atoms with E-state index in [1.165, 1.54) is 0 Å². The van der Waals surface area contributed by atoms with Gasteiger partial charge in [0, 0.05) is 11.4 Å². The van der Waals surface area contributed by atoms with Crippen molar-refractivity contribution in [1.82, 2.24) is 0 Å². The van der Waals surface area contributed by atoms with Crippen LogP contribution in [0.2, 0.25) is 0 Å². The molecule has 0 radical (unpaired) electrons. The molecule has 0 aliphatic rings. The molecule has 1 unspecified atom stereocenters. The number of alkyl halides is 1. The van der Waals surface area contributed by atoms with Crippen molar-refractivity contribution in [2.45, 2.75) is 44.5 Å². The second kappa shape index (κ2) is 4.35. The van der Waals surface area contributed by atoms with Crippen LogP contribution in [0.5, 0.6) is 0 Å². The van der Waals surface area contributed by atoms with E-state index in [4.69, 9.17) is 4.74 Å². The normalized spacial score (nSPS) is 15.3. The van der Waals surface area contributed by atoms with Gasteiger partial charge in [-0.25, -0.2) is 0 Å². The van der Waals surface area contributed by atoms with E-state index in [1.807, 2.05) is 0 Å². The third kappa shape index (κ3) is 8.44. The van der Waals surface area contributed by atoms with E-state index >= 15 is 0 Å². The lowest BCUT2D eigenvalue weighted by Crippen LogP contribution is -2.20. The predicted octanol–water partition coefficient (Wildman–Crippen LogP) is 2.98. The minimum Gasteiger partial charge on any atom is -0.376 e. The molecule has 0 aliphatic carbocycles. The molecule has 0 saturated heterocycles. The van der Waals surface area contributed by atoms with Gasteiger partial charge in [-0.3, -0.25) is 0 Å². The monoisotopic (exact) mass is 208 g/mol. The Bertz CT molecular complexity index is 83.7. The summed E-state index contributed by atoms with van der Waals surface area (Å²) in [5, 5.41) is 0. The first-order chi connectivity index (χ1) is 4.42. The van der Waals surface area contributed by atoms with Gasteiger partial charge in [-0.05, 0) is 27.2 Å². The molecule has 0 saturated carbocycles. The van der Waals surface area contributed by atoms with Crippen LogP contribution in [0.4, 0.5) is 0 Å². The van der Waals surface area contributed by atoms with Crippen molar-refractivity contribution >= 4 is 15.9 Å². The van der Waals surface area contributed by atoms with Crippen molar-refractivity contribution < 1.29 is 4.74 Å². The highest BCUT2D eigenvalue weighted by molar-refractivity contribution is 9.09. The Morgan fingerprint density at radius 2 is 1.90 bits per heavy atom. The molecule has 0 rings (SSSR count). The maximum atomic E-state index is 5.51. The van der Waals surface area contributed by atoms with E-state index in [9.17, 15) is 0 Å². The Morgan fingerprint density at radius 1 is 1.40 bits per heavy atom. The van der Waals surface area contributed by atoms with E-state index in [0.717, 1.165) is 13.0 Å². The lowest BCUT2D eigenvalue weighted by atomic mass is 10.2. The number of hydrogen-bond donors (Lipinski definition) is 0. The summed E-state index contributed by atoms with van der Waals surface area (Å²) in [6.45, 7) is 9.20. The van der Waals surface area contributed by atoms with Crippen LogP contribution in [0.3, 0.4) is 0 Å². The average molecular weight is 209 g/mol. The second-order valence-electron chi connectivity index (χ2n) is 3.53. The minimum absolute atomic E-state index is 0.0158. The van der Waals surface area contributed by atoms with Crippen LogP contribution < -0.4 is 0 Å². The highest BCUT2D eigenvalue weighted by atomic mass is 79.9. The van der Waals surface area contributed by atoms with E-state index in [2.05, 4.69) is 43.6 Å². The van der Waals surface area contributed by atoms with Crippen LogP contribution in [0, 0.1) is 0 Å². The van der Waals surface area contributed by atoms with Gasteiger partial charge in [0.2, 0.25) is 0 Å². The summed E-state index contributed by atoms with van der Waals surface area (Å²) in [7, 11) is 0. The number of ether oxygens (including phenoxy) is 1. The van der Waals surface area contributed by atoms with Crippen LogP contribution in [0.1, 0.15) is 34.1 Å². The van der Waals surface area contributed by atoms with Crippen molar-refractivity contribution in [2.75, 3.05) is 6.61 Å². The summed E-state index contributed by atoms with van der Waals surface area (Å²) in [4.78, 5) is 0.565. The van der Waals surface area contributed by atoms with Crippen molar-refractivity contribution in [2.24, 2.45) is 0 Å². The Balaban J connectivity index is 3.21. The van der Waals surface area contributed by atoms with E-state index in [0.29, 0.717) is 4.83 Å². The summed E-state index contributed by atoms with van der Waals surface area (Å²) >= 11 is 3.46. The van der Waals surface area contributed by atoms with Gasteiger partial charge in [-0.1, -0.05) is 22.9 Å². The summed E-state index contributed by atoms with van der Waals surface area (Å²) in [5.41, 5.74) is 0.0158. The van der Waals surface area contributed by atoms with Gasteiger partial charge in [0.1, 0.15) is 0 Å². The van der Waals surface area contributed by atoms with Gasteiger partial charge in [-0.2, -0.15) is 0 Å². The molecule has 10 heavy (non-hydrogen) atoms. The van der Waals surface area contributed by atoms with Crippen molar-refractivity contribution in [3.05, 3.63) is 0 Å². The molecule has 0 aliphatic heterocycles. The molecule has 0 aromatic heterocycles. The first kappa shape index (κ1) is 10.4. The van der Waals surface area contributed by atoms with E-state index in [-0.39, 0.29) is 5.60 Å². The summed E-state index contributed by atoms with van der Waals surface area (Å²) < 4.78 is 5.51. The van der Waals surface area contributed by atoms with Crippen LogP contribution in [0.15, 0.2) is 0 Å². The van der Waals surface area contributed by atoms with Gasteiger partial charge in [0.05, 0.1) is 5.60 Å². The zero-order valence-electron chi connectivity index (χ0n) is 7.28. The molecule has 62 valence electrons. The standard InChI is InChI=1S/C8H17BrO/c1-7(9)5-6-10-8(2,3)4/h7H,5-6H2,1-4H3. The molecule has 1 atom stereocenters. The number of halogens is 1. The van der Waals surface area contributed by atoms with E-state index < -0.39 is 0 Å². The molecule has 1 nitrogen and oxygen atoms in total. The first-order valence-corrected chi connectivity index (χ1v) is 4.61. The molecule has 0 spiro atoms. The molecule has 0 heterocycles. The largest absolute Gasteiger partial charge is 0.376 e. The maximum Gasteiger partial charge on any atom is 0.0598 e. The lowest BCUT2D eigenvalue weighted by molar-refractivity contribution is -0.00352. The molecule has 2 heteroatoms. The summed E-state index contributed by atoms with van der Waals surface area (Å²) in [6.07, 6.45) is 1.08. The molecule has 0 aromatic carbocycles. The van der Waals surface area contributed by atoms with Gasteiger partial charge < -0.3 is 4.74 Å². The molecule has 0 N–H and O–H groups in total. The van der Waals surface area contributed by atoms with Gasteiger partial charge >= 0.3 is 0 Å². The fraction of sp³-hybridized carbons (Fsp3) is 1.00. The van der Waals surface area contributed by atoms with Gasteiger partial charge in [-0.15, -0.1) is 0 Å². The predicted molar refractivity (Wildman–Crippen MR) is 48.7 cm³/mol. The summed E-state index contributed by atoms with van der Waals surface area (Å²) in [5.74, 6) is 0. The smallest absolute Gasteiger partial charge is 0.0598 e. The lowest BCUT2D eigenvalue weighted by Gasteiger charge is -2.19. The fourth-order valence-corrected chi connectivity index (χ4v) is 0.714. The van der Waals surface area contributed by atoms with Crippen LogP contribution >= 0.6 is 15.9 Å². The van der Waals surface area contributed by atoms with Gasteiger partial charge in [0.15, 0.2) is 0 Å². The molecule has 0 bridgehead atoms.